The number of carbonyl (C=O) groups is 1. The summed E-state index contributed by atoms with van der Waals surface area (Å²) in [6.07, 6.45) is 4.12. The van der Waals surface area contributed by atoms with E-state index in [0.717, 1.165) is 19.3 Å². The van der Waals surface area contributed by atoms with Gasteiger partial charge in [-0.1, -0.05) is 24.6 Å². The minimum Gasteiger partial charge on any atom is -0.492 e. The first-order valence-corrected chi connectivity index (χ1v) is 12.8. The number of benzene rings is 2. The Balaban J connectivity index is 1.55. The summed E-state index contributed by atoms with van der Waals surface area (Å²) in [6.45, 7) is 3.31. The van der Waals surface area contributed by atoms with Crippen LogP contribution in [0.5, 0.6) is 11.5 Å². The fourth-order valence-corrected chi connectivity index (χ4v) is 5.35. The van der Waals surface area contributed by atoms with Crippen LogP contribution in [-0.4, -0.2) is 38.3 Å². The fraction of sp³-hybridized carbons (Fsp3) is 0.320. The molecule has 34 heavy (non-hydrogen) atoms. The smallest absolute Gasteiger partial charge is 0.291 e. The van der Waals surface area contributed by atoms with Crippen molar-refractivity contribution in [3.63, 3.8) is 0 Å². The minimum absolute atomic E-state index is 0.0858. The van der Waals surface area contributed by atoms with Gasteiger partial charge in [0, 0.05) is 18.7 Å². The topological polar surface area (TPSA) is 98.1 Å². The number of amides is 1. The standard InChI is InChI=1S/C25H28N2O6S/c1-2-31-23-12-11-21(34(29,30)27-14-7-4-8-15-27)17-22(23)26-25(28)24-19(13-16-32-24)18-33-20-9-5-3-6-10-20/h3,5-6,9-13,16-17H,2,4,7-8,14-15,18H2,1H3,(H,26,28). The second-order valence-corrected chi connectivity index (χ2v) is 9.82. The van der Waals surface area contributed by atoms with Gasteiger partial charge in [0.2, 0.25) is 10.0 Å². The maximum Gasteiger partial charge on any atom is 0.291 e. The van der Waals surface area contributed by atoms with Crippen molar-refractivity contribution in [2.75, 3.05) is 25.0 Å². The van der Waals surface area contributed by atoms with E-state index in [1.54, 1.807) is 12.1 Å². The van der Waals surface area contributed by atoms with Gasteiger partial charge in [-0.05, 0) is 56.2 Å². The molecule has 0 atom stereocenters. The Hall–Kier alpha value is -3.30. The molecule has 0 bridgehead atoms. The van der Waals surface area contributed by atoms with E-state index < -0.39 is 15.9 Å². The fourth-order valence-electron chi connectivity index (χ4n) is 3.81. The van der Waals surface area contributed by atoms with Crippen LogP contribution in [0.1, 0.15) is 42.3 Å². The van der Waals surface area contributed by atoms with Crippen LogP contribution < -0.4 is 14.8 Å². The first-order chi connectivity index (χ1) is 16.5. The van der Waals surface area contributed by atoms with Gasteiger partial charge in [-0.15, -0.1) is 0 Å². The molecule has 9 heteroatoms. The highest BCUT2D eigenvalue weighted by atomic mass is 32.2. The third-order valence-corrected chi connectivity index (χ3v) is 7.44. The molecule has 1 amide bonds. The average molecular weight is 485 g/mol. The lowest BCUT2D eigenvalue weighted by Crippen LogP contribution is -2.35. The summed E-state index contributed by atoms with van der Waals surface area (Å²) < 4.78 is 44.5. The van der Waals surface area contributed by atoms with E-state index in [0.29, 0.717) is 36.8 Å². The predicted octanol–water partition coefficient (Wildman–Crippen LogP) is 4.68. The lowest BCUT2D eigenvalue weighted by molar-refractivity contribution is 0.0992. The molecule has 1 aliphatic heterocycles. The van der Waals surface area contributed by atoms with Gasteiger partial charge in [0.1, 0.15) is 18.1 Å². The van der Waals surface area contributed by atoms with E-state index in [1.807, 2.05) is 37.3 Å². The quantitative estimate of drug-likeness (QED) is 0.473. The molecule has 0 saturated carbocycles. The summed E-state index contributed by atoms with van der Waals surface area (Å²) in [6, 6.07) is 15.4. The molecule has 0 spiro atoms. The molecule has 1 aromatic heterocycles. The van der Waals surface area contributed by atoms with Crippen molar-refractivity contribution in [1.29, 1.82) is 0 Å². The molecule has 0 radical (unpaired) electrons. The maximum absolute atomic E-state index is 13.1. The molecule has 8 nitrogen and oxygen atoms in total. The number of piperidine rings is 1. The molecule has 3 aromatic rings. The number of hydrogen-bond acceptors (Lipinski definition) is 6. The van der Waals surface area contributed by atoms with E-state index in [2.05, 4.69) is 5.32 Å². The molecular formula is C25H28N2O6S. The molecule has 180 valence electrons. The number of carbonyl (C=O) groups excluding carboxylic acids is 1. The predicted molar refractivity (Wildman–Crippen MR) is 128 cm³/mol. The molecule has 1 saturated heterocycles. The van der Waals surface area contributed by atoms with Crippen molar-refractivity contribution in [2.24, 2.45) is 0 Å². The second-order valence-electron chi connectivity index (χ2n) is 7.89. The van der Waals surface area contributed by atoms with Crippen molar-refractivity contribution in [1.82, 2.24) is 4.31 Å². The van der Waals surface area contributed by atoms with Crippen LogP contribution in [0.25, 0.3) is 0 Å². The number of nitrogens with zero attached hydrogens (tertiary/aromatic N) is 1. The van der Waals surface area contributed by atoms with E-state index in [-0.39, 0.29) is 22.9 Å². The van der Waals surface area contributed by atoms with Crippen LogP contribution in [0.4, 0.5) is 5.69 Å². The molecule has 1 fully saturated rings. The molecule has 4 rings (SSSR count). The summed E-state index contributed by atoms with van der Waals surface area (Å²) in [5.41, 5.74) is 0.827. The molecule has 2 aromatic carbocycles. The van der Waals surface area contributed by atoms with Crippen LogP contribution in [-0.2, 0) is 16.6 Å². The number of sulfonamides is 1. The molecule has 0 unspecified atom stereocenters. The number of furan rings is 1. The number of ether oxygens (including phenoxy) is 2. The van der Waals surface area contributed by atoms with Gasteiger partial charge in [-0.3, -0.25) is 4.79 Å². The number of para-hydroxylation sites is 1. The molecule has 2 heterocycles. The SMILES string of the molecule is CCOc1ccc(S(=O)(=O)N2CCCCC2)cc1NC(=O)c1occc1COc1ccccc1. The number of nitrogens with one attached hydrogen (secondary N) is 1. The van der Waals surface area contributed by atoms with Crippen molar-refractivity contribution in [2.45, 2.75) is 37.7 Å². The van der Waals surface area contributed by atoms with Gasteiger partial charge in [0.05, 0.1) is 23.5 Å². The highest BCUT2D eigenvalue weighted by Crippen LogP contribution is 2.31. The summed E-state index contributed by atoms with van der Waals surface area (Å²) in [7, 11) is -3.67. The lowest BCUT2D eigenvalue weighted by atomic mass is 10.2. The van der Waals surface area contributed by atoms with Crippen molar-refractivity contribution in [3.8, 4) is 11.5 Å². The third kappa shape index (κ3) is 5.43. The van der Waals surface area contributed by atoms with E-state index >= 15 is 0 Å². The van der Waals surface area contributed by atoms with Gasteiger partial charge in [-0.2, -0.15) is 4.31 Å². The van der Waals surface area contributed by atoms with Crippen LogP contribution in [0.2, 0.25) is 0 Å². The van der Waals surface area contributed by atoms with Crippen LogP contribution in [0.3, 0.4) is 0 Å². The molecular weight excluding hydrogens is 456 g/mol. The third-order valence-electron chi connectivity index (χ3n) is 5.54. The van der Waals surface area contributed by atoms with Gasteiger partial charge in [-0.25, -0.2) is 8.42 Å². The zero-order valence-corrected chi connectivity index (χ0v) is 19.8. The van der Waals surface area contributed by atoms with Crippen LogP contribution in [0, 0.1) is 0 Å². The Kier molecular flexibility index (Phi) is 7.54. The number of anilines is 1. The first-order valence-electron chi connectivity index (χ1n) is 11.3. The van der Waals surface area contributed by atoms with Crippen molar-refractivity contribution in [3.05, 3.63) is 72.2 Å². The second kappa shape index (κ2) is 10.8. The Morgan fingerprint density at radius 1 is 1.03 bits per heavy atom. The Labute approximate surface area is 199 Å². The van der Waals surface area contributed by atoms with Crippen molar-refractivity contribution >= 4 is 21.6 Å². The number of hydrogen-bond donors (Lipinski definition) is 1. The highest BCUT2D eigenvalue weighted by molar-refractivity contribution is 7.89. The normalized spacial score (nSPS) is 14.5. The lowest BCUT2D eigenvalue weighted by Gasteiger charge is -2.26. The number of rotatable bonds is 9. The van der Waals surface area contributed by atoms with Gasteiger partial charge >= 0.3 is 0 Å². The largest absolute Gasteiger partial charge is 0.492 e. The van der Waals surface area contributed by atoms with Gasteiger partial charge in [0.15, 0.2) is 5.76 Å². The summed E-state index contributed by atoms with van der Waals surface area (Å²) in [5, 5.41) is 2.76. The van der Waals surface area contributed by atoms with E-state index in [4.69, 9.17) is 13.9 Å². The molecule has 1 N–H and O–H groups in total. The monoisotopic (exact) mass is 484 g/mol. The highest BCUT2D eigenvalue weighted by Gasteiger charge is 2.27. The van der Waals surface area contributed by atoms with Crippen LogP contribution in [0.15, 0.2) is 70.2 Å². The van der Waals surface area contributed by atoms with E-state index in [9.17, 15) is 13.2 Å². The molecule has 1 aliphatic rings. The summed E-state index contributed by atoms with van der Waals surface area (Å²) in [5.74, 6) is 0.610. The maximum atomic E-state index is 13.1. The Bertz CT molecular complexity index is 1220. The Morgan fingerprint density at radius 2 is 1.79 bits per heavy atom. The zero-order valence-electron chi connectivity index (χ0n) is 19.0. The molecule has 0 aliphatic carbocycles. The average Bonchev–Trinajstić information content (AvgIpc) is 3.34. The van der Waals surface area contributed by atoms with Gasteiger partial charge in [0.25, 0.3) is 5.91 Å². The Morgan fingerprint density at radius 3 is 2.53 bits per heavy atom. The first kappa shape index (κ1) is 23.8. The zero-order chi connectivity index (χ0) is 24.0. The summed E-state index contributed by atoms with van der Waals surface area (Å²) in [4.78, 5) is 13.2. The van der Waals surface area contributed by atoms with Crippen LogP contribution >= 0.6 is 0 Å². The van der Waals surface area contributed by atoms with Gasteiger partial charge < -0.3 is 19.2 Å². The van der Waals surface area contributed by atoms with E-state index in [1.165, 1.54) is 22.7 Å². The van der Waals surface area contributed by atoms with Crippen molar-refractivity contribution < 1.29 is 27.1 Å². The minimum atomic E-state index is -3.67. The summed E-state index contributed by atoms with van der Waals surface area (Å²) >= 11 is 0.